The molecule has 1 aliphatic carbocycles. The maximum atomic E-state index is 10.5. The van der Waals surface area contributed by atoms with Crippen molar-refractivity contribution in [1.29, 1.82) is 0 Å². The van der Waals surface area contributed by atoms with E-state index < -0.39 is 5.97 Å². The number of hydrogen-bond acceptors (Lipinski definition) is 2. The largest absolute Gasteiger partial charge is 0.481 e. The summed E-state index contributed by atoms with van der Waals surface area (Å²) in [5.74, 6) is 0.0286. The SMILES string of the molecule is CC(CC(=O)O)N[C@@H](C)C1CCCCC1. The van der Waals surface area contributed by atoms with E-state index in [-0.39, 0.29) is 12.5 Å². The van der Waals surface area contributed by atoms with Crippen LogP contribution in [0.2, 0.25) is 0 Å². The topological polar surface area (TPSA) is 49.3 Å². The summed E-state index contributed by atoms with van der Waals surface area (Å²) in [5.41, 5.74) is 0. The van der Waals surface area contributed by atoms with Crippen molar-refractivity contribution >= 4 is 5.97 Å². The smallest absolute Gasteiger partial charge is 0.304 e. The van der Waals surface area contributed by atoms with Crippen LogP contribution in [0.4, 0.5) is 0 Å². The fourth-order valence-corrected chi connectivity index (χ4v) is 2.54. The molecule has 1 rings (SSSR count). The second kappa shape index (κ2) is 6.11. The van der Waals surface area contributed by atoms with Gasteiger partial charge in [-0.15, -0.1) is 0 Å². The first kappa shape index (κ1) is 12.5. The molecule has 0 aromatic rings. The van der Waals surface area contributed by atoms with Gasteiger partial charge in [-0.2, -0.15) is 0 Å². The summed E-state index contributed by atoms with van der Waals surface area (Å²) in [4.78, 5) is 10.5. The van der Waals surface area contributed by atoms with Crippen molar-refractivity contribution in [3.63, 3.8) is 0 Å². The summed E-state index contributed by atoms with van der Waals surface area (Å²) in [5, 5.41) is 12.1. The predicted octanol–water partition coefficient (Wildman–Crippen LogP) is 2.41. The number of aliphatic carboxylic acids is 1. The quantitative estimate of drug-likeness (QED) is 0.737. The van der Waals surface area contributed by atoms with E-state index in [0.29, 0.717) is 6.04 Å². The molecule has 0 spiro atoms. The van der Waals surface area contributed by atoms with Crippen LogP contribution in [0.15, 0.2) is 0 Å². The number of carbonyl (C=O) groups is 1. The van der Waals surface area contributed by atoms with Gasteiger partial charge in [0.2, 0.25) is 0 Å². The second-order valence-corrected chi connectivity index (χ2v) is 4.85. The van der Waals surface area contributed by atoms with Crippen LogP contribution >= 0.6 is 0 Å². The summed E-state index contributed by atoms with van der Waals surface area (Å²) >= 11 is 0. The van der Waals surface area contributed by atoms with E-state index in [9.17, 15) is 4.79 Å². The molecule has 1 aliphatic rings. The lowest BCUT2D eigenvalue weighted by Gasteiger charge is -2.30. The normalized spacial score (nSPS) is 22.3. The molecule has 2 N–H and O–H groups in total. The minimum absolute atomic E-state index is 0.0828. The van der Waals surface area contributed by atoms with Crippen LogP contribution < -0.4 is 5.32 Å². The molecule has 88 valence electrons. The molecule has 0 bridgehead atoms. The molecule has 1 unspecified atom stereocenters. The van der Waals surface area contributed by atoms with Gasteiger partial charge in [-0.25, -0.2) is 0 Å². The van der Waals surface area contributed by atoms with Gasteiger partial charge < -0.3 is 10.4 Å². The van der Waals surface area contributed by atoms with Crippen LogP contribution in [0, 0.1) is 5.92 Å². The molecular formula is C12H23NO2. The Morgan fingerprint density at radius 1 is 1.33 bits per heavy atom. The Morgan fingerprint density at radius 2 is 1.93 bits per heavy atom. The molecule has 1 saturated carbocycles. The van der Waals surface area contributed by atoms with Gasteiger partial charge in [-0.3, -0.25) is 4.79 Å². The van der Waals surface area contributed by atoms with Crippen molar-refractivity contribution in [3.8, 4) is 0 Å². The summed E-state index contributed by atoms with van der Waals surface area (Å²) in [7, 11) is 0. The summed E-state index contributed by atoms with van der Waals surface area (Å²) < 4.78 is 0. The summed E-state index contributed by atoms with van der Waals surface area (Å²) in [6.07, 6.45) is 6.86. The van der Waals surface area contributed by atoms with Gasteiger partial charge in [-0.05, 0) is 32.6 Å². The zero-order chi connectivity index (χ0) is 11.3. The first-order chi connectivity index (χ1) is 7.09. The lowest BCUT2D eigenvalue weighted by atomic mass is 9.84. The summed E-state index contributed by atoms with van der Waals surface area (Å²) in [6.45, 7) is 4.14. The molecule has 3 heteroatoms. The summed E-state index contributed by atoms with van der Waals surface area (Å²) in [6, 6.07) is 0.541. The van der Waals surface area contributed by atoms with Crippen molar-refractivity contribution in [2.24, 2.45) is 5.92 Å². The van der Waals surface area contributed by atoms with Crippen molar-refractivity contribution in [2.75, 3.05) is 0 Å². The van der Waals surface area contributed by atoms with Gasteiger partial charge >= 0.3 is 5.97 Å². The zero-order valence-electron chi connectivity index (χ0n) is 9.83. The fraction of sp³-hybridized carbons (Fsp3) is 0.917. The molecule has 0 saturated heterocycles. The van der Waals surface area contributed by atoms with Crippen molar-refractivity contribution in [1.82, 2.24) is 5.32 Å². The molecule has 0 aliphatic heterocycles. The highest BCUT2D eigenvalue weighted by Crippen LogP contribution is 2.26. The van der Waals surface area contributed by atoms with E-state index in [1.54, 1.807) is 0 Å². The first-order valence-electron chi connectivity index (χ1n) is 6.07. The van der Waals surface area contributed by atoms with E-state index in [4.69, 9.17) is 5.11 Å². The Hall–Kier alpha value is -0.570. The van der Waals surface area contributed by atoms with E-state index in [1.165, 1.54) is 32.1 Å². The minimum Gasteiger partial charge on any atom is -0.481 e. The third-order valence-corrected chi connectivity index (χ3v) is 3.39. The molecule has 0 amide bonds. The van der Waals surface area contributed by atoms with Crippen LogP contribution in [0.1, 0.15) is 52.4 Å². The van der Waals surface area contributed by atoms with Crippen LogP contribution in [-0.4, -0.2) is 23.2 Å². The lowest BCUT2D eigenvalue weighted by molar-refractivity contribution is -0.137. The fourth-order valence-electron chi connectivity index (χ4n) is 2.54. The standard InChI is InChI=1S/C12H23NO2/c1-9(8-12(14)15)13-10(2)11-6-4-3-5-7-11/h9-11,13H,3-8H2,1-2H3,(H,14,15)/t9?,10-/m0/s1. The Balaban J connectivity index is 2.26. The van der Waals surface area contributed by atoms with Crippen molar-refractivity contribution < 1.29 is 9.90 Å². The van der Waals surface area contributed by atoms with Gasteiger partial charge in [0, 0.05) is 12.1 Å². The van der Waals surface area contributed by atoms with Crippen LogP contribution in [0.3, 0.4) is 0 Å². The van der Waals surface area contributed by atoms with Crippen molar-refractivity contribution in [3.05, 3.63) is 0 Å². The molecule has 15 heavy (non-hydrogen) atoms. The molecule has 0 heterocycles. The zero-order valence-corrected chi connectivity index (χ0v) is 9.83. The van der Waals surface area contributed by atoms with Gasteiger partial charge in [0.05, 0.1) is 6.42 Å². The third-order valence-electron chi connectivity index (χ3n) is 3.39. The Labute approximate surface area is 92.3 Å². The molecule has 2 atom stereocenters. The second-order valence-electron chi connectivity index (χ2n) is 4.85. The first-order valence-corrected chi connectivity index (χ1v) is 6.07. The number of nitrogens with one attached hydrogen (secondary N) is 1. The average molecular weight is 213 g/mol. The van der Waals surface area contributed by atoms with Crippen LogP contribution in [-0.2, 0) is 4.79 Å². The van der Waals surface area contributed by atoms with E-state index in [2.05, 4.69) is 12.2 Å². The number of carboxylic acids is 1. The Kier molecular flexibility index (Phi) is 5.09. The monoisotopic (exact) mass is 213 g/mol. The highest BCUT2D eigenvalue weighted by Gasteiger charge is 2.21. The highest BCUT2D eigenvalue weighted by molar-refractivity contribution is 5.67. The van der Waals surface area contributed by atoms with Crippen LogP contribution in [0.25, 0.3) is 0 Å². The number of carboxylic acid groups (broad SMARTS) is 1. The molecule has 0 aromatic carbocycles. The maximum Gasteiger partial charge on any atom is 0.304 e. The number of hydrogen-bond donors (Lipinski definition) is 2. The Bertz CT molecular complexity index is 200. The Morgan fingerprint density at radius 3 is 2.47 bits per heavy atom. The lowest BCUT2D eigenvalue weighted by Crippen LogP contribution is -2.41. The van der Waals surface area contributed by atoms with E-state index >= 15 is 0 Å². The molecule has 3 nitrogen and oxygen atoms in total. The average Bonchev–Trinajstić information content (AvgIpc) is 2.17. The van der Waals surface area contributed by atoms with Gasteiger partial charge in [0.25, 0.3) is 0 Å². The molecule has 1 fully saturated rings. The van der Waals surface area contributed by atoms with Gasteiger partial charge in [0.15, 0.2) is 0 Å². The van der Waals surface area contributed by atoms with E-state index in [0.717, 1.165) is 5.92 Å². The minimum atomic E-state index is -0.717. The van der Waals surface area contributed by atoms with Crippen molar-refractivity contribution in [2.45, 2.75) is 64.5 Å². The van der Waals surface area contributed by atoms with Gasteiger partial charge in [0.1, 0.15) is 0 Å². The third kappa shape index (κ3) is 4.65. The molecular weight excluding hydrogens is 190 g/mol. The highest BCUT2D eigenvalue weighted by atomic mass is 16.4. The van der Waals surface area contributed by atoms with Gasteiger partial charge in [-0.1, -0.05) is 19.3 Å². The van der Waals surface area contributed by atoms with Crippen LogP contribution in [0.5, 0.6) is 0 Å². The number of rotatable bonds is 5. The predicted molar refractivity (Wildman–Crippen MR) is 60.9 cm³/mol. The van der Waals surface area contributed by atoms with E-state index in [1.807, 2.05) is 6.92 Å². The maximum absolute atomic E-state index is 10.5. The molecule has 0 aromatic heterocycles. The molecule has 0 radical (unpaired) electrons.